The Hall–Kier alpha value is -2.03. The van der Waals surface area contributed by atoms with Crippen molar-refractivity contribution in [2.45, 2.75) is 58.3 Å². The zero-order chi connectivity index (χ0) is 19.2. The van der Waals surface area contributed by atoms with Gasteiger partial charge >= 0.3 is 0 Å². The summed E-state index contributed by atoms with van der Waals surface area (Å²) in [6.45, 7) is 9.33. The van der Waals surface area contributed by atoms with Gasteiger partial charge in [-0.2, -0.15) is 0 Å². The number of carbonyl (C=O) groups is 2. The monoisotopic (exact) mass is 356 g/mol. The summed E-state index contributed by atoms with van der Waals surface area (Å²) in [5.74, 6) is 0.272. The Morgan fingerprint density at radius 2 is 1.96 bits per heavy atom. The molecule has 0 bridgehead atoms. The Morgan fingerprint density at radius 1 is 1.27 bits per heavy atom. The van der Waals surface area contributed by atoms with E-state index in [9.17, 15) is 14.0 Å². The summed E-state index contributed by atoms with van der Waals surface area (Å²) in [7, 11) is 0. The molecule has 1 fully saturated rings. The molecule has 1 aliphatic rings. The maximum Gasteiger partial charge on any atom is 0.139 e. The second-order valence-corrected chi connectivity index (χ2v) is 7.31. The molecule has 0 saturated heterocycles. The number of hydrogen-bond donors (Lipinski definition) is 0. The van der Waals surface area contributed by atoms with Gasteiger partial charge in [-0.25, -0.2) is 4.39 Å². The summed E-state index contributed by atoms with van der Waals surface area (Å²) < 4.78 is 14.4. The lowest BCUT2D eigenvalue weighted by Crippen LogP contribution is -2.37. The van der Waals surface area contributed by atoms with Crippen LogP contribution in [0.15, 0.2) is 37.4 Å². The summed E-state index contributed by atoms with van der Waals surface area (Å²) in [6, 6.07) is 5.20. The van der Waals surface area contributed by atoms with Gasteiger partial charge in [0, 0.05) is 29.7 Å². The maximum absolute atomic E-state index is 14.4. The van der Waals surface area contributed by atoms with Crippen molar-refractivity contribution in [2.75, 3.05) is 0 Å². The molecule has 140 valence electrons. The third kappa shape index (κ3) is 4.38. The van der Waals surface area contributed by atoms with Crippen LogP contribution in [0.25, 0.3) is 6.08 Å². The average Bonchev–Trinajstić information content (AvgIpc) is 2.67. The Morgan fingerprint density at radius 3 is 2.54 bits per heavy atom. The molecule has 1 aliphatic carbocycles. The smallest absolute Gasteiger partial charge is 0.139 e. The molecule has 0 amide bonds. The lowest BCUT2D eigenvalue weighted by molar-refractivity contribution is -0.134. The Bertz CT molecular complexity index is 681. The van der Waals surface area contributed by atoms with Crippen LogP contribution in [0.4, 0.5) is 4.39 Å². The molecule has 2 nitrogen and oxygen atoms in total. The summed E-state index contributed by atoms with van der Waals surface area (Å²) in [4.78, 5) is 25.0. The van der Waals surface area contributed by atoms with Crippen LogP contribution in [0.1, 0.15) is 63.0 Å². The molecule has 26 heavy (non-hydrogen) atoms. The number of hydrogen-bond acceptors (Lipinski definition) is 2. The highest BCUT2D eigenvalue weighted by Gasteiger charge is 2.41. The molecule has 0 aliphatic heterocycles. The molecule has 3 heteroatoms. The van der Waals surface area contributed by atoms with Gasteiger partial charge in [-0.15, -0.1) is 6.58 Å². The number of rotatable bonds is 9. The fourth-order valence-electron chi connectivity index (χ4n) is 4.12. The van der Waals surface area contributed by atoms with Crippen molar-refractivity contribution in [3.05, 3.63) is 54.4 Å². The fraction of sp³-hybridized carbons (Fsp3) is 0.478. The molecule has 1 aromatic rings. The SMILES string of the molecule is C=CCC1(C(=O)CCc2cccc(C=C)c2F)CCC(C(=O)CC)CC1. The van der Waals surface area contributed by atoms with Gasteiger partial charge in [-0.1, -0.05) is 43.9 Å². The topological polar surface area (TPSA) is 34.1 Å². The Balaban J connectivity index is 2.06. The second kappa shape index (κ2) is 9.07. The molecule has 0 heterocycles. The fourth-order valence-corrected chi connectivity index (χ4v) is 4.12. The van der Waals surface area contributed by atoms with E-state index >= 15 is 0 Å². The number of Topliss-reactive ketones (excluding diaryl/α,β-unsaturated/α-hetero) is 2. The molecule has 0 radical (unpaired) electrons. The predicted molar refractivity (Wildman–Crippen MR) is 104 cm³/mol. The second-order valence-electron chi connectivity index (χ2n) is 7.31. The standard InChI is InChI=1S/C23H29FO2/c1-4-14-23(15-12-18(13-16-23)20(25)6-3)21(26)11-10-19-9-7-8-17(5-2)22(19)24/h4-5,7-9,18H,1-2,6,10-16H2,3H3. The normalized spacial score (nSPS) is 22.6. The lowest BCUT2D eigenvalue weighted by Gasteiger charge is -2.38. The number of carbonyl (C=O) groups excluding carboxylic acids is 2. The highest BCUT2D eigenvalue weighted by molar-refractivity contribution is 5.86. The van der Waals surface area contributed by atoms with E-state index in [4.69, 9.17) is 0 Å². The molecular formula is C23H29FO2. The minimum absolute atomic E-state index is 0.0902. The van der Waals surface area contributed by atoms with Crippen LogP contribution < -0.4 is 0 Å². The Kier molecular flexibility index (Phi) is 7.07. The van der Waals surface area contributed by atoms with Gasteiger partial charge in [0.05, 0.1) is 0 Å². The summed E-state index contributed by atoms with van der Waals surface area (Å²) in [6.07, 6.45) is 8.19. The van der Waals surface area contributed by atoms with E-state index in [0.717, 1.165) is 25.7 Å². The van der Waals surface area contributed by atoms with Crippen molar-refractivity contribution in [1.82, 2.24) is 0 Å². The predicted octanol–water partition coefficient (Wildman–Crippen LogP) is 5.70. The van der Waals surface area contributed by atoms with Gasteiger partial charge in [0.1, 0.15) is 17.4 Å². The molecule has 2 rings (SSSR count). The van der Waals surface area contributed by atoms with Crippen molar-refractivity contribution in [3.8, 4) is 0 Å². The van der Waals surface area contributed by atoms with Crippen molar-refractivity contribution >= 4 is 17.6 Å². The van der Waals surface area contributed by atoms with Crippen LogP contribution in [-0.4, -0.2) is 11.6 Å². The highest BCUT2D eigenvalue weighted by Crippen LogP contribution is 2.44. The van der Waals surface area contributed by atoms with E-state index in [1.54, 1.807) is 24.3 Å². The third-order valence-electron chi connectivity index (χ3n) is 5.82. The molecule has 0 aromatic heterocycles. The van der Waals surface area contributed by atoms with Gasteiger partial charge in [0.25, 0.3) is 0 Å². The first kappa shape index (κ1) is 20.3. The number of ketones is 2. The number of halogens is 1. The molecule has 0 N–H and O–H groups in total. The first-order chi connectivity index (χ1) is 12.5. The van der Waals surface area contributed by atoms with E-state index in [0.29, 0.717) is 42.6 Å². The molecule has 0 atom stereocenters. The molecule has 0 unspecified atom stereocenters. The molecule has 1 aromatic carbocycles. The van der Waals surface area contributed by atoms with Crippen molar-refractivity contribution in [2.24, 2.45) is 11.3 Å². The zero-order valence-electron chi connectivity index (χ0n) is 15.7. The van der Waals surface area contributed by atoms with Crippen LogP contribution >= 0.6 is 0 Å². The summed E-state index contributed by atoms with van der Waals surface area (Å²) in [5.41, 5.74) is 0.590. The third-order valence-corrected chi connectivity index (χ3v) is 5.82. The zero-order valence-corrected chi connectivity index (χ0v) is 15.7. The number of allylic oxidation sites excluding steroid dienone is 1. The minimum atomic E-state index is -0.432. The van der Waals surface area contributed by atoms with Crippen molar-refractivity contribution in [3.63, 3.8) is 0 Å². The average molecular weight is 356 g/mol. The van der Waals surface area contributed by atoms with E-state index in [2.05, 4.69) is 13.2 Å². The van der Waals surface area contributed by atoms with Crippen LogP contribution in [0, 0.1) is 17.2 Å². The summed E-state index contributed by atoms with van der Waals surface area (Å²) >= 11 is 0. The highest BCUT2D eigenvalue weighted by atomic mass is 19.1. The Labute approximate surface area is 156 Å². The van der Waals surface area contributed by atoms with Crippen LogP contribution in [0.3, 0.4) is 0 Å². The van der Waals surface area contributed by atoms with Crippen LogP contribution in [-0.2, 0) is 16.0 Å². The van der Waals surface area contributed by atoms with Crippen molar-refractivity contribution in [1.29, 1.82) is 0 Å². The molecule has 0 spiro atoms. The lowest BCUT2D eigenvalue weighted by atomic mass is 9.64. The number of benzene rings is 1. The van der Waals surface area contributed by atoms with E-state index in [1.807, 2.05) is 6.92 Å². The quantitative estimate of drug-likeness (QED) is 0.532. The maximum atomic E-state index is 14.4. The van der Waals surface area contributed by atoms with Crippen LogP contribution in [0.5, 0.6) is 0 Å². The first-order valence-corrected chi connectivity index (χ1v) is 9.54. The molecular weight excluding hydrogens is 327 g/mol. The van der Waals surface area contributed by atoms with Crippen molar-refractivity contribution < 1.29 is 14.0 Å². The van der Waals surface area contributed by atoms with E-state index < -0.39 is 5.41 Å². The minimum Gasteiger partial charge on any atom is -0.299 e. The largest absolute Gasteiger partial charge is 0.299 e. The van der Waals surface area contributed by atoms with Crippen LogP contribution in [0.2, 0.25) is 0 Å². The van der Waals surface area contributed by atoms with E-state index in [1.165, 1.54) is 6.08 Å². The molecule has 1 saturated carbocycles. The van der Waals surface area contributed by atoms with Gasteiger partial charge in [0.15, 0.2) is 0 Å². The number of aryl methyl sites for hydroxylation is 1. The van der Waals surface area contributed by atoms with Gasteiger partial charge in [-0.05, 0) is 44.1 Å². The van der Waals surface area contributed by atoms with Gasteiger partial charge < -0.3 is 0 Å². The first-order valence-electron chi connectivity index (χ1n) is 9.54. The van der Waals surface area contributed by atoms with E-state index in [-0.39, 0.29) is 17.5 Å². The van der Waals surface area contributed by atoms with Gasteiger partial charge in [-0.3, -0.25) is 9.59 Å². The van der Waals surface area contributed by atoms with Gasteiger partial charge in [0.2, 0.25) is 0 Å². The summed E-state index contributed by atoms with van der Waals surface area (Å²) in [5, 5.41) is 0.